The first-order valence-electron chi connectivity index (χ1n) is 24.7. The molecule has 1 aliphatic carbocycles. The zero-order valence-electron chi connectivity index (χ0n) is 39.1. The average molecular weight is 950 g/mol. The van der Waals surface area contributed by atoms with E-state index in [0.29, 0.717) is 0 Å². The quantitative estimate of drug-likeness (QED) is 0.154. The number of rotatable bonds is 7. The number of benzene rings is 12. The molecule has 12 aromatic carbocycles. The molecule has 0 saturated heterocycles. The summed E-state index contributed by atoms with van der Waals surface area (Å²) in [7, 11) is 0. The first kappa shape index (κ1) is 41.2. The SMILES string of the molecule is c1ccc(C2(c3ccccc3)c3ccccc3-c3c(-c4ccc(N(c5ccc(-c6cccc7c6sc6c8ccccc8ccc76)cc5)c5cccc6c5sc5c7ccccc7ccc65)cc4)cccc32)cc1. The minimum absolute atomic E-state index is 0.460. The van der Waals surface area contributed by atoms with Crippen molar-refractivity contribution < 1.29 is 0 Å². The molecule has 2 heterocycles. The fourth-order valence-electron chi connectivity index (χ4n) is 12.2. The molecule has 15 rings (SSSR count). The van der Waals surface area contributed by atoms with E-state index in [1.807, 2.05) is 22.7 Å². The van der Waals surface area contributed by atoms with Gasteiger partial charge < -0.3 is 4.90 Å². The van der Waals surface area contributed by atoms with Crippen LogP contribution in [0.3, 0.4) is 0 Å². The van der Waals surface area contributed by atoms with E-state index >= 15 is 0 Å². The lowest BCUT2D eigenvalue weighted by Gasteiger charge is -2.34. The fraction of sp³-hybridized carbons (Fsp3) is 0.0145. The van der Waals surface area contributed by atoms with Crippen LogP contribution < -0.4 is 4.90 Å². The Morgan fingerprint density at radius 3 is 1.36 bits per heavy atom. The Kier molecular flexibility index (Phi) is 9.29. The van der Waals surface area contributed by atoms with Gasteiger partial charge in [-0.15, -0.1) is 22.7 Å². The second-order valence-electron chi connectivity index (χ2n) is 19.1. The number of nitrogens with zero attached hydrogens (tertiary/aromatic N) is 1. The van der Waals surface area contributed by atoms with Crippen molar-refractivity contribution >= 4 is 102 Å². The van der Waals surface area contributed by atoms with Crippen LogP contribution in [0, 0.1) is 0 Å². The molecule has 0 N–H and O–H groups in total. The van der Waals surface area contributed by atoms with Gasteiger partial charge >= 0.3 is 0 Å². The minimum atomic E-state index is -0.460. The van der Waals surface area contributed by atoms with Crippen molar-refractivity contribution in [1.82, 2.24) is 0 Å². The molecule has 1 aliphatic rings. The van der Waals surface area contributed by atoms with Crippen LogP contribution >= 0.6 is 22.7 Å². The zero-order chi connectivity index (χ0) is 47.3. The van der Waals surface area contributed by atoms with Gasteiger partial charge in [-0.2, -0.15) is 0 Å². The fourth-order valence-corrected chi connectivity index (χ4v) is 14.9. The molecule has 72 heavy (non-hydrogen) atoms. The average Bonchev–Trinajstić information content (AvgIpc) is 4.14. The van der Waals surface area contributed by atoms with Crippen molar-refractivity contribution in [2.75, 3.05) is 4.90 Å². The Bertz CT molecular complexity index is 4390. The normalized spacial score (nSPS) is 12.8. The van der Waals surface area contributed by atoms with Crippen LogP contribution in [0.15, 0.2) is 261 Å². The summed E-state index contributed by atoms with van der Waals surface area (Å²) in [5.74, 6) is 0. The number of hydrogen-bond donors (Lipinski definition) is 0. The molecule has 0 spiro atoms. The van der Waals surface area contributed by atoms with Gasteiger partial charge in [0, 0.05) is 47.0 Å². The Morgan fingerprint density at radius 2 is 0.722 bits per heavy atom. The van der Waals surface area contributed by atoms with E-state index in [-0.39, 0.29) is 0 Å². The molecule has 0 aliphatic heterocycles. The maximum Gasteiger partial charge on any atom is 0.0713 e. The largest absolute Gasteiger partial charge is 0.309 e. The lowest BCUT2D eigenvalue weighted by molar-refractivity contribution is 0.768. The summed E-state index contributed by atoms with van der Waals surface area (Å²) >= 11 is 3.81. The lowest BCUT2D eigenvalue weighted by Crippen LogP contribution is -2.28. The van der Waals surface area contributed by atoms with E-state index in [9.17, 15) is 0 Å². The first-order chi connectivity index (χ1) is 35.7. The van der Waals surface area contributed by atoms with E-state index < -0.39 is 5.41 Å². The molecular formula is C69H43NS2. The lowest BCUT2D eigenvalue weighted by atomic mass is 9.67. The van der Waals surface area contributed by atoms with Crippen LogP contribution in [0.4, 0.5) is 17.1 Å². The summed E-state index contributed by atoms with van der Waals surface area (Å²) in [5, 5.41) is 10.4. The van der Waals surface area contributed by atoms with Gasteiger partial charge in [0.2, 0.25) is 0 Å². The molecule has 0 radical (unpaired) electrons. The molecule has 0 unspecified atom stereocenters. The van der Waals surface area contributed by atoms with Crippen LogP contribution in [-0.4, -0.2) is 0 Å². The van der Waals surface area contributed by atoms with Gasteiger partial charge in [-0.3, -0.25) is 0 Å². The van der Waals surface area contributed by atoms with Crippen molar-refractivity contribution in [3.05, 3.63) is 283 Å². The highest BCUT2D eigenvalue weighted by Gasteiger charge is 2.46. The number of hydrogen-bond acceptors (Lipinski definition) is 3. The van der Waals surface area contributed by atoms with Gasteiger partial charge in [-0.05, 0) is 108 Å². The number of anilines is 3. The maximum atomic E-state index is 2.47. The first-order valence-corrected chi connectivity index (χ1v) is 26.4. The highest BCUT2D eigenvalue weighted by molar-refractivity contribution is 7.27. The van der Waals surface area contributed by atoms with Gasteiger partial charge in [0.15, 0.2) is 0 Å². The smallest absolute Gasteiger partial charge is 0.0713 e. The van der Waals surface area contributed by atoms with E-state index in [1.165, 1.54) is 123 Å². The van der Waals surface area contributed by atoms with E-state index in [4.69, 9.17) is 0 Å². The molecule has 1 nitrogen and oxygen atoms in total. The number of thiophene rings is 2. The summed E-state index contributed by atoms with van der Waals surface area (Å²) < 4.78 is 5.27. The molecular weight excluding hydrogens is 907 g/mol. The van der Waals surface area contributed by atoms with Gasteiger partial charge in [0.05, 0.1) is 15.8 Å². The zero-order valence-corrected chi connectivity index (χ0v) is 40.7. The van der Waals surface area contributed by atoms with Gasteiger partial charge in [0.1, 0.15) is 0 Å². The summed E-state index contributed by atoms with van der Waals surface area (Å²) in [6.45, 7) is 0. The van der Waals surface area contributed by atoms with E-state index in [2.05, 4.69) is 266 Å². The topological polar surface area (TPSA) is 3.24 Å². The molecule has 3 heteroatoms. The van der Waals surface area contributed by atoms with Crippen LogP contribution in [0.5, 0.6) is 0 Å². The third kappa shape index (κ3) is 6.05. The predicted octanol–water partition coefficient (Wildman–Crippen LogP) is 19.9. The highest BCUT2D eigenvalue weighted by atomic mass is 32.1. The van der Waals surface area contributed by atoms with E-state index in [0.717, 1.165) is 11.4 Å². The minimum Gasteiger partial charge on any atom is -0.309 e. The van der Waals surface area contributed by atoms with Gasteiger partial charge in [-0.1, -0.05) is 231 Å². The maximum absolute atomic E-state index is 2.47. The Hall–Kier alpha value is -8.60. The summed E-state index contributed by atoms with van der Waals surface area (Å²) in [4.78, 5) is 2.47. The molecule has 0 bridgehead atoms. The standard InChI is InChI=1S/C69H43NS2/c1-3-18-48(19-4-1)69(49-20-5-2-6-21-49)61-29-12-11-24-60(61)64-52(25-14-30-62(64)69)46-32-38-50(39-33-46)70(63-31-15-28-57-59-43-37-45-17-8-10-23-54(45)67(59)72-68(57)63)51-40-34-47(35-41-51)55-26-13-27-56-58-42-36-44-16-7-9-22-53(44)66(58)71-65(55)56/h1-43H. The Labute approximate surface area is 425 Å². The van der Waals surface area contributed by atoms with Crippen LogP contribution in [0.25, 0.3) is 95.3 Å². The third-order valence-electron chi connectivity index (χ3n) is 15.4. The van der Waals surface area contributed by atoms with Crippen LogP contribution in [0.2, 0.25) is 0 Å². The van der Waals surface area contributed by atoms with Crippen molar-refractivity contribution in [3.63, 3.8) is 0 Å². The molecule has 2 aromatic heterocycles. The third-order valence-corrected chi connectivity index (χ3v) is 17.9. The monoisotopic (exact) mass is 949 g/mol. The van der Waals surface area contributed by atoms with Gasteiger partial charge in [-0.25, -0.2) is 0 Å². The molecule has 0 amide bonds. The highest BCUT2D eigenvalue weighted by Crippen LogP contribution is 2.58. The molecule has 14 aromatic rings. The molecule has 0 fully saturated rings. The summed E-state index contributed by atoms with van der Waals surface area (Å²) in [6, 6.07) is 97.1. The predicted molar refractivity (Wildman–Crippen MR) is 310 cm³/mol. The molecule has 336 valence electrons. The van der Waals surface area contributed by atoms with Crippen molar-refractivity contribution in [2.24, 2.45) is 0 Å². The Balaban J connectivity index is 0.896. The second kappa shape index (κ2) is 16.2. The Morgan fingerprint density at radius 1 is 0.278 bits per heavy atom. The van der Waals surface area contributed by atoms with Gasteiger partial charge in [0.25, 0.3) is 0 Å². The summed E-state index contributed by atoms with van der Waals surface area (Å²) in [5.41, 5.74) is 15.6. The van der Waals surface area contributed by atoms with Crippen molar-refractivity contribution in [1.29, 1.82) is 0 Å². The number of fused-ring (bicyclic) bond motifs is 13. The molecule has 0 saturated carbocycles. The van der Waals surface area contributed by atoms with Crippen molar-refractivity contribution in [3.8, 4) is 33.4 Å². The van der Waals surface area contributed by atoms with Crippen LogP contribution in [-0.2, 0) is 5.41 Å². The molecule has 0 atom stereocenters. The second-order valence-corrected chi connectivity index (χ2v) is 21.1. The van der Waals surface area contributed by atoms with Crippen LogP contribution in [0.1, 0.15) is 22.3 Å². The summed E-state index contributed by atoms with van der Waals surface area (Å²) in [6.07, 6.45) is 0. The van der Waals surface area contributed by atoms with Crippen molar-refractivity contribution in [2.45, 2.75) is 5.41 Å². The van der Waals surface area contributed by atoms with E-state index in [1.54, 1.807) is 0 Å².